The maximum Gasteiger partial charge on any atom is 0.286 e. The van der Waals surface area contributed by atoms with E-state index in [-0.39, 0.29) is 35.9 Å². The molecule has 0 aliphatic carbocycles. The van der Waals surface area contributed by atoms with E-state index in [1.165, 1.54) is 26.4 Å². The second kappa shape index (κ2) is 13.1. The van der Waals surface area contributed by atoms with Crippen molar-refractivity contribution >= 4 is 11.6 Å². The quantitative estimate of drug-likeness (QED) is 0.258. The lowest BCUT2D eigenvalue weighted by Crippen LogP contribution is -2.26. The zero-order valence-electron chi connectivity index (χ0n) is 19.3. The maximum absolute atomic E-state index is 12.7. The van der Waals surface area contributed by atoms with Crippen molar-refractivity contribution in [2.75, 3.05) is 47.2 Å². The summed E-state index contributed by atoms with van der Waals surface area (Å²) in [6.07, 6.45) is 0.501. The SMILES string of the molecule is CCOc1ccc(CCNC(=O)c2cc(OC)c(OCCOC)cc2[N+](=O)[O-])cc1OCC. The van der Waals surface area contributed by atoms with Crippen molar-refractivity contribution in [3.05, 3.63) is 51.6 Å². The fourth-order valence-electron chi connectivity index (χ4n) is 3.06. The number of nitrogens with one attached hydrogen (secondary N) is 1. The Balaban J connectivity index is 2.13. The fraction of sp³-hybridized carbons (Fsp3) is 0.435. The Hall–Kier alpha value is -3.53. The van der Waals surface area contributed by atoms with E-state index in [2.05, 4.69) is 5.32 Å². The molecule has 10 nitrogen and oxygen atoms in total. The Kier molecular flexibility index (Phi) is 10.2. The van der Waals surface area contributed by atoms with Crippen LogP contribution in [0.3, 0.4) is 0 Å². The smallest absolute Gasteiger partial charge is 0.286 e. The normalized spacial score (nSPS) is 10.4. The van der Waals surface area contributed by atoms with Gasteiger partial charge in [-0.2, -0.15) is 0 Å². The van der Waals surface area contributed by atoms with Crippen LogP contribution in [0, 0.1) is 10.1 Å². The lowest BCUT2D eigenvalue weighted by molar-refractivity contribution is -0.385. The molecular formula is C23H30N2O8. The summed E-state index contributed by atoms with van der Waals surface area (Å²) in [4.78, 5) is 23.7. The highest BCUT2D eigenvalue weighted by atomic mass is 16.6. The van der Waals surface area contributed by atoms with Crippen LogP contribution in [0.25, 0.3) is 0 Å². The summed E-state index contributed by atoms with van der Waals surface area (Å²) in [7, 11) is 2.91. The lowest BCUT2D eigenvalue weighted by Gasteiger charge is -2.14. The van der Waals surface area contributed by atoms with E-state index in [9.17, 15) is 14.9 Å². The van der Waals surface area contributed by atoms with E-state index in [4.69, 9.17) is 23.7 Å². The summed E-state index contributed by atoms with van der Waals surface area (Å²) in [6, 6.07) is 8.06. The number of amides is 1. The van der Waals surface area contributed by atoms with Gasteiger partial charge in [-0.3, -0.25) is 14.9 Å². The molecule has 0 radical (unpaired) electrons. The molecule has 0 aliphatic heterocycles. The average molecular weight is 462 g/mol. The molecule has 1 N–H and O–H groups in total. The Bertz CT molecular complexity index is 948. The minimum absolute atomic E-state index is 0.113. The summed E-state index contributed by atoms with van der Waals surface area (Å²) in [5.41, 5.74) is 0.439. The van der Waals surface area contributed by atoms with Crippen LogP contribution in [0.5, 0.6) is 23.0 Å². The molecule has 0 aromatic heterocycles. The molecule has 0 heterocycles. The molecule has 0 spiro atoms. The number of nitro benzene ring substituents is 1. The number of ether oxygens (including phenoxy) is 5. The van der Waals surface area contributed by atoms with Gasteiger partial charge in [-0.15, -0.1) is 0 Å². The van der Waals surface area contributed by atoms with Gasteiger partial charge in [0.2, 0.25) is 0 Å². The van der Waals surface area contributed by atoms with Crippen molar-refractivity contribution in [1.82, 2.24) is 5.32 Å². The van der Waals surface area contributed by atoms with Crippen LogP contribution in [0.1, 0.15) is 29.8 Å². The third-order valence-corrected chi connectivity index (χ3v) is 4.58. The van der Waals surface area contributed by atoms with Crippen LogP contribution in [-0.4, -0.2) is 58.0 Å². The first-order valence-electron chi connectivity index (χ1n) is 10.6. The number of nitrogens with zero attached hydrogens (tertiary/aromatic N) is 1. The first-order valence-corrected chi connectivity index (χ1v) is 10.6. The molecule has 2 aromatic carbocycles. The minimum Gasteiger partial charge on any atom is -0.493 e. The van der Waals surface area contributed by atoms with E-state index in [0.717, 1.165) is 5.56 Å². The Morgan fingerprint density at radius 2 is 1.64 bits per heavy atom. The highest BCUT2D eigenvalue weighted by molar-refractivity contribution is 5.99. The van der Waals surface area contributed by atoms with Crippen molar-refractivity contribution < 1.29 is 33.4 Å². The second-order valence-electron chi connectivity index (χ2n) is 6.77. The molecule has 0 saturated carbocycles. The van der Waals surface area contributed by atoms with E-state index in [1.807, 2.05) is 32.0 Å². The number of rotatable bonds is 14. The Labute approximate surface area is 192 Å². The average Bonchev–Trinajstić information content (AvgIpc) is 2.80. The molecule has 0 saturated heterocycles. The van der Waals surface area contributed by atoms with Crippen molar-refractivity contribution in [2.45, 2.75) is 20.3 Å². The number of carbonyl (C=O) groups is 1. The molecule has 1 amide bonds. The minimum atomic E-state index is -0.627. The highest BCUT2D eigenvalue weighted by Gasteiger charge is 2.24. The summed E-state index contributed by atoms with van der Waals surface area (Å²) in [5.74, 6) is 1.08. The fourth-order valence-corrected chi connectivity index (χ4v) is 3.06. The van der Waals surface area contributed by atoms with Gasteiger partial charge in [0.1, 0.15) is 12.2 Å². The molecule has 33 heavy (non-hydrogen) atoms. The van der Waals surface area contributed by atoms with Crippen molar-refractivity contribution in [2.24, 2.45) is 0 Å². The van der Waals surface area contributed by atoms with Gasteiger partial charge in [0.05, 0.1) is 37.9 Å². The molecule has 10 heteroatoms. The maximum atomic E-state index is 12.7. The summed E-state index contributed by atoms with van der Waals surface area (Å²) >= 11 is 0. The predicted molar refractivity (Wildman–Crippen MR) is 122 cm³/mol. The number of methoxy groups -OCH3 is 2. The van der Waals surface area contributed by atoms with Crippen LogP contribution < -0.4 is 24.3 Å². The van der Waals surface area contributed by atoms with Crippen molar-refractivity contribution in [1.29, 1.82) is 0 Å². The van der Waals surface area contributed by atoms with E-state index in [1.54, 1.807) is 0 Å². The largest absolute Gasteiger partial charge is 0.493 e. The predicted octanol–water partition coefficient (Wildman–Crippen LogP) is 3.40. The lowest BCUT2D eigenvalue weighted by atomic mass is 10.1. The van der Waals surface area contributed by atoms with Gasteiger partial charge in [0, 0.05) is 19.7 Å². The van der Waals surface area contributed by atoms with Crippen LogP contribution in [0.2, 0.25) is 0 Å². The van der Waals surface area contributed by atoms with Crippen molar-refractivity contribution in [3.8, 4) is 23.0 Å². The van der Waals surface area contributed by atoms with Gasteiger partial charge in [0.15, 0.2) is 23.0 Å². The van der Waals surface area contributed by atoms with Gasteiger partial charge in [-0.25, -0.2) is 0 Å². The number of hydrogen-bond acceptors (Lipinski definition) is 8. The van der Waals surface area contributed by atoms with Crippen molar-refractivity contribution in [3.63, 3.8) is 0 Å². The zero-order valence-corrected chi connectivity index (χ0v) is 19.3. The van der Waals surface area contributed by atoms with Crippen LogP contribution in [-0.2, 0) is 11.2 Å². The number of carbonyl (C=O) groups excluding carboxylic acids is 1. The third kappa shape index (κ3) is 7.25. The first kappa shape index (κ1) is 25.7. The van der Waals surface area contributed by atoms with Crippen LogP contribution >= 0.6 is 0 Å². The second-order valence-corrected chi connectivity index (χ2v) is 6.77. The monoisotopic (exact) mass is 462 g/mol. The van der Waals surface area contributed by atoms with Gasteiger partial charge in [0.25, 0.3) is 11.6 Å². The third-order valence-electron chi connectivity index (χ3n) is 4.58. The number of hydrogen-bond donors (Lipinski definition) is 1. The van der Waals surface area contributed by atoms with Gasteiger partial charge in [-0.05, 0) is 38.0 Å². The molecular weight excluding hydrogens is 432 g/mol. The Morgan fingerprint density at radius 3 is 2.27 bits per heavy atom. The molecule has 0 unspecified atom stereocenters. The van der Waals surface area contributed by atoms with E-state index in [0.29, 0.717) is 37.7 Å². The summed E-state index contributed by atoms with van der Waals surface area (Å²) in [6.45, 7) is 5.55. The molecule has 0 atom stereocenters. The standard InChI is InChI=1S/C23H30N2O8/c1-5-31-19-8-7-16(13-21(19)32-6-2)9-10-24-23(26)17-14-20(30-4)22(33-12-11-29-3)15-18(17)25(27)28/h7-8,13-15H,5-6,9-12H2,1-4H3,(H,24,26). The van der Waals surface area contributed by atoms with Gasteiger partial charge in [-0.1, -0.05) is 6.07 Å². The molecule has 0 bridgehead atoms. The highest BCUT2D eigenvalue weighted by Crippen LogP contribution is 2.35. The zero-order chi connectivity index (χ0) is 24.2. The molecule has 0 aliphatic rings. The van der Waals surface area contributed by atoms with Gasteiger partial charge >= 0.3 is 0 Å². The van der Waals surface area contributed by atoms with E-state index >= 15 is 0 Å². The molecule has 0 fully saturated rings. The van der Waals surface area contributed by atoms with Crippen LogP contribution in [0.4, 0.5) is 5.69 Å². The van der Waals surface area contributed by atoms with Crippen LogP contribution in [0.15, 0.2) is 30.3 Å². The topological polar surface area (TPSA) is 118 Å². The molecule has 2 aromatic rings. The van der Waals surface area contributed by atoms with Gasteiger partial charge < -0.3 is 29.0 Å². The summed E-state index contributed by atoms with van der Waals surface area (Å²) in [5, 5.41) is 14.3. The molecule has 2 rings (SSSR count). The first-order chi connectivity index (χ1) is 15.9. The number of benzene rings is 2. The Morgan fingerprint density at radius 1 is 0.939 bits per heavy atom. The summed E-state index contributed by atoms with van der Waals surface area (Å²) < 4.78 is 26.8. The number of nitro groups is 1. The molecule has 180 valence electrons. The van der Waals surface area contributed by atoms with E-state index < -0.39 is 10.8 Å².